The van der Waals surface area contributed by atoms with Crippen LogP contribution in [0.5, 0.6) is 0 Å². The Morgan fingerprint density at radius 1 is 1.30 bits per heavy atom. The maximum atomic E-state index is 12.7. The highest BCUT2D eigenvalue weighted by atomic mass is 19.4. The molecule has 0 saturated heterocycles. The van der Waals surface area contributed by atoms with Crippen molar-refractivity contribution < 1.29 is 18.0 Å². The summed E-state index contributed by atoms with van der Waals surface area (Å²) in [7, 11) is 3.68. The molecule has 20 heavy (non-hydrogen) atoms. The SMILES string of the molecule is Cc1cc(N(C)C)ccc1NC(=O)C(C)(N)C(F)(F)F. The van der Waals surface area contributed by atoms with Crippen LogP contribution in [0.25, 0.3) is 0 Å². The first kappa shape index (κ1) is 16.3. The van der Waals surface area contributed by atoms with Crippen LogP contribution >= 0.6 is 0 Å². The first-order valence-electron chi connectivity index (χ1n) is 5.92. The topological polar surface area (TPSA) is 58.4 Å². The fraction of sp³-hybridized carbons (Fsp3) is 0.462. The van der Waals surface area contributed by atoms with Crippen molar-refractivity contribution in [3.63, 3.8) is 0 Å². The van der Waals surface area contributed by atoms with Crippen LogP contribution in [-0.2, 0) is 4.79 Å². The number of halogens is 3. The van der Waals surface area contributed by atoms with E-state index in [-0.39, 0.29) is 0 Å². The molecule has 0 saturated carbocycles. The van der Waals surface area contributed by atoms with E-state index in [0.29, 0.717) is 18.2 Å². The molecule has 1 aromatic carbocycles. The predicted octanol–water partition coefficient (Wildman–Crippen LogP) is 2.28. The van der Waals surface area contributed by atoms with Crippen LogP contribution in [0.1, 0.15) is 12.5 Å². The van der Waals surface area contributed by atoms with Crippen LogP contribution in [0.3, 0.4) is 0 Å². The number of rotatable bonds is 3. The van der Waals surface area contributed by atoms with Crippen molar-refractivity contribution in [3.8, 4) is 0 Å². The second-order valence-electron chi connectivity index (χ2n) is 5.05. The van der Waals surface area contributed by atoms with Gasteiger partial charge in [-0.05, 0) is 37.6 Å². The zero-order valence-corrected chi connectivity index (χ0v) is 11.8. The zero-order chi connectivity index (χ0) is 15.7. The van der Waals surface area contributed by atoms with Crippen LogP contribution in [0.2, 0.25) is 0 Å². The number of benzene rings is 1. The van der Waals surface area contributed by atoms with E-state index in [9.17, 15) is 18.0 Å². The lowest BCUT2D eigenvalue weighted by Crippen LogP contribution is -2.59. The van der Waals surface area contributed by atoms with Gasteiger partial charge in [-0.3, -0.25) is 4.79 Å². The van der Waals surface area contributed by atoms with E-state index in [2.05, 4.69) is 5.32 Å². The number of nitrogens with zero attached hydrogens (tertiary/aromatic N) is 1. The lowest BCUT2D eigenvalue weighted by atomic mass is 10.0. The highest BCUT2D eigenvalue weighted by Crippen LogP contribution is 2.30. The monoisotopic (exact) mass is 289 g/mol. The molecule has 1 aromatic rings. The molecule has 1 rings (SSSR count). The van der Waals surface area contributed by atoms with Gasteiger partial charge in [0, 0.05) is 25.5 Å². The molecular weight excluding hydrogens is 271 g/mol. The van der Waals surface area contributed by atoms with Crippen molar-refractivity contribution in [3.05, 3.63) is 23.8 Å². The number of anilines is 2. The Morgan fingerprint density at radius 3 is 2.25 bits per heavy atom. The highest BCUT2D eigenvalue weighted by molar-refractivity contribution is 5.99. The van der Waals surface area contributed by atoms with Crippen molar-refractivity contribution in [2.75, 3.05) is 24.3 Å². The number of carbonyl (C=O) groups is 1. The number of hydrogen-bond donors (Lipinski definition) is 2. The standard InChI is InChI=1S/C13H18F3N3O/c1-8-7-9(19(3)4)5-6-10(8)18-11(20)12(2,17)13(14,15)16/h5-7H,17H2,1-4H3,(H,18,20). The predicted molar refractivity (Wildman–Crippen MR) is 72.8 cm³/mol. The van der Waals surface area contributed by atoms with Gasteiger partial charge in [-0.1, -0.05) is 0 Å². The van der Waals surface area contributed by atoms with Gasteiger partial charge in [0.1, 0.15) is 0 Å². The van der Waals surface area contributed by atoms with E-state index in [4.69, 9.17) is 5.73 Å². The van der Waals surface area contributed by atoms with E-state index in [1.807, 2.05) is 19.0 Å². The summed E-state index contributed by atoms with van der Waals surface area (Å²) < 4.78 is 38.0. The van der Waals surface area contributed by atoms with Gasteiger partial charge < -0.3 is 16.0 Å². The first-order chi connectivity index (χ1) is 8.96. The Kier molecular flexibility index (Phi) is 4.33. The molecule has 7 heteroatoms. The smallest absolute Gasteiger partial charge is 0.378 e. The molecule has 1 amide bonds. The summed E-state index contributed by atoms with van der Waals surface area (Å²) in [6.45, 7) is 2.34. The molecule has 0 heterocycles. The van der Waals surface area contributed by atoms with Crippen LogP contribution < -0.4 is 16.0 Å². The lowest BCUT2D eigenvalue weighted by molar-refractivity contribution is -0.184. The van der Waals surface area contributed by atoms with E-state index in [1.54, 1.807) is 25.1 Å². The van der Waals surface area contributed by atoms with Crippen molar-refractivity contribution in [2.24, 2.45) is 5.73 Å². The quantitative estimate of drug-likeness (QED) is 0.897. The van der Waals surface area contributed by atoms with Crippen molar-refractivity contribution >= 4 is 17.3 Å². The van der Waals surface area contributed by atoms with E-state index in [0.717, 1.165) is 5.69 Å². The molecule has 0 aliphatic heterocycles. The molecule has 0 aromatic heterocycles. The summed E-state index contributed by atoms with van der Waals surface area (Å²) >= 11 is 0. The normalized spacial score (nSPS) is 14.6. The molecule has 0 aliphatic rings. The fourth-order valence-electron chi connectivity index (χ4n) is 1.45. The van der Waals surface area contributed by atoms with Crippen LogP contribution in [0, 0.1) is 6.92 Å². The van der Waals surface area contributed by atoms with Gasteiger partial charge in [0.05, 0.1) is 0 Å². The molecule has 1 unspecified atom stereocenters. The number of carbonyl (C=O) groups excluding carboxylic acids is 1. The molecule has 1 atom stereocenters. The van der Waals surface area contributed by atoms with Crippen molar-refractivity contribution in [1.29, 1.82) is 0 Å². The minimum Gasteiger partial charge on any atom is -0.378 e. The molecule has 0 aliphatic carbocycles. The Bertz CT molecular complexity index is 510. The molecule has 0 spiro atoms. The van der Waals surface area contributed by atoms with E-state index < -0.39 is 17.6 Å². The Balaban J connectivity index is 2.98. The Labute approximate surface area is 115 Å². The number of nitrogens with one attached hydrogen (secondary N) is 1. The van der Waals surface area contributed by atoms with E-state index >= 15 is 0 Å². The van der Waals surface area contributed by atoms with Crippen LogP contribution in [-0.4, -0.2) is 31.7 Å². The van der Waals surface area contributed by atoms with Gasteiger partial charge in [0.15, 0.2) is 5.54 Å². The number of amides is 1. The average Bonchev–Trinajstić information content (AvgIpc) is 2.29. The Morgan fingerprint density at radius 2 is 1.85 bits per heavy atom. The van der Waals surface area contributed by atoms with Gasteiger partial charge in [-0.2, -0.15) is 13.2 Å². The summed E-state index contributed by atoms with van der Waals surface area (Å²) in [4.78, 5) is 13.5. The number of nitrogens with two attached hydrogens (primary N) is 1. The molecule has 0 radical (unpaired) electrons. The summed E-state index contributed by atoms with van der Waals surface area (Å²) in [6, 6.07) is 5.01. The average molecular weight is 289 g/mol. The maximum absolute atomic E-state index is 12.7. The van der Waals surface area contributed by atoms with E-state index in [1.165, 1.54) is 0 Å². The second-order valence-corrected chi connectivity index (χ2v) is 5.05. The van der Waals surface area contributed by atoms with Crippen molar-refractivity contribution in [2.45, 2.75) is 25.6 Å². The van der Waals surface area contributed by atoms with Gasteiger partial charge in [-0.15, -0.1) is 0 Å². The summed E-state index contributed by atoms with van der Waals surface area (Å²) in [5.41, 5.74) is 3.98. The number of hydrogen-bond acceptors (Lipinski definition) is 3. The molecule has 0 bridgehead atoms. The summed E-state index contributed by atoms with van der Waals surface area (Å²) in [6.07, 6.45) is -4.81. The van der Waals surface area contributed by atoms with Gasteiger partial charge in [-0.25, -0.2) is 0 Å². The third-order valence-electron chi connectivity index (χ3n) is 3.04. The fourth-order valence-corrected chi connectivity index (χ4v) is 1.45. The molecule has 3 N–H and O–H groups in total. The number of aryl methyl sites for hydroxylation is 1. The summed E-state index contributed by atoms with van der Waals surface area (Å²) in [5.74, 6) is -1.29. The van der Waals surface area contributed by atoms with Crippen LogP contribution in [0.15, 0.2) is 18.2 Å². The molecule has 112 valence electrons. The zero-order valence-electron chi connectivity index (χ0n) is 11.8. The lowest BCUT2D eigenvalue weighted by Gasteiger charge is -2.26. The highest BCUT2D eigenvalue weighted by Gasteiger charge is 2.54. The molecule has 4 nitrogen and oxygen atoms in total. The van der Waals surface area contributed by atoms with Crippen molar-refractivity contribution in [1.82, 2.24) is 0 Å². The van der Waals surface area contributed by atoms with Crippen LogP contribution in [0.4, 0.5) is 24.5 Å². The first-order valence-corrected chi connectivity index (χ1v) is 5.92. The number of alkyl halides is 3. The second kappa shape index (κ2) is 5.32. The minimum absolute atomic E-state index is 0.307. The van der Waals surface area contributed by atoms with Gasteiger partial charge in [0.2, 0.25) is 0 Å². The summed E-state index contributed by atoms with van der Waals surface area (Å²) in [5, 5.41) is 2.22. The molecular formula is C13H18F3N3O. The third kappa shape index (κ3) is 3.22. The van der Waals surface area contributed by atoms with Gasteiger partial charge in [0.25, 0.3) is 5.91 Å². The third-order valence-corrected chi connectivity index (χ3v) is 3.04. The molecule has 0 fully saturated rings. The maximum Gasteiger partial charge on any atom is 0.415 e. The minimum atomic E-state index is -4.81. The van der Waals surface area contributed by atoms with Gasteiger partial charge >= 0.3 is 6.18 Å². The Hall–Kier alpha value is -1.76. The largest absolute Gasteiger partial charge is 0.415 e.